The lowest BCUT2D eigenvalue weighted by Crippen LogP contribution is -2.50. The molecule has 0 atom stereocenters. The van der Waals surface area contributed by atoms with Gasteiger partial charge < -0.3 is 5.32 Å². The predicted molar refractivity (Wildman–Crippen MR) is 111 cm³/mol. The van der Waals surface area contributed by atoms with Crippen molar-refractivity contribution < 1.29 is 13.2 Å². The third-order valence-corrected chi connectivity index (χ3v) is 7.22. The van der Waals surface area contributed by atoms with Crippen molar-refractivity contribution >= 4 is 33.2 Å². The van der Waals surface area contributed by atoms with Gasteiger partial charge in [-0.1, -0.05) is 35.9 Å². The fourth-order valence-electron chi connectivity index (χ4n) is 3.18. The number of amides is 1. The Kier molecular flexibility index (Phi) is 6.40. The highest BCUT2D eigenvalue weighted by Crippen LogP contribution is 2.25. The standard InChI is InChI=1S/C20H24ClN3O3S/c1-15-7-8-16(2)18(13-15)22-20(25)14-23-9-11-24(12-10-23)28(26,27)19-6-4-3-5-17(19)21/h3-8,13H,9-12,14H2,1-2H3,(H,22,25). The second kappa shape index (κ2) is 8.61. The Labute approximate surface area is 171 Å². The van der Waals surface area contributed by atoms with Crippen LogP contribution in [0.15, 0.2) is 47.4 Å². The Hall–Kier alpha value is -1.93. The molecule has 6 nitrogen and oxygen atoms in total. The van der Waals surface area contributed by atoms with Gasteiger partial charge in [0.2, 0.25) is 15.9 Å². The molecule has 1 saturated heterocycles. The summed E-state index contributed by atoms with van der Waals surface area (Å²) in [6.07, 6.45) is 0. The van der Waals surface area contributed by atoms with Crippen molar-refractivity contribution in [3.05, 3.63) is 58.6 Å². The Morgan fingerprint density at radius 3 is 2.43 bits per heavy atom. The molecule has 2 aromatic rings. The first-order valence-corrected chi connectivity index (χ1v) is 10.9. The van der Waals surface area contributed by atoms with Crippen molar-refractivity contribution in [3.63, 3.8) is 0 Å². The zero-order valence-electron chi connectivity index (χ0n) is 16.0. The lowest BCUT2D eigenvalue weighted by Gasteiger charge is -2.33. The predicted octanol–water partition coefficient (Wildman–Crippen LogP) is 2.90. The maximum atomic E-state index is 12.8. The number of benzene rings is 2. The maximum Gasteiger partial charge on any atom is 0.244 e. The molecular formula is C20H24ClN3O3S. The summed E-state index contributed by atoms with van der Waals surface area (Å²) in [6.45, 7) is 5.79. The highest BCUT2D eigenvalue weighted by Gasteiger charge is 2.30. The smallest absolute Gasteiger partial charge is 0.244 e. The molecule has 0 radical (unpaired) electrons. The topological polar surface area (TPSA) is 69.7 Å². The number of rotatable bonds is 5. The second-order valence-electron chi connectivity index (χ2n) is 6.98. The highest BCUT2D eigenvalue weighted by atomic mass is 35.5. The van der Waals surface area contributed by atoms with Gasteiger partial charge in [0, 0.05) is 31.9 Å². The molecule has 0 spiro atoms. The summed E-state index contributed by atoms with van der Waals surface area (Å²) in [4.78, 5) is 14.5. The zero-order valence-corrected chi connectivity index (χ0v) is 17.6. The Morgan fingerprint density at radius 2 is 1.75 bits per heavy atom. The first-order valence-electron chi connectivity index (χ1n) is 9.11. The SMILES string of the molecule is Cc1ccc(C)c(NC(=O)CN2CCN(S(=O)(=O)c3ccccc3Cl)CC2)c1. The van der Waals surface area contributed by atoms with Crippen molar-refractivity contribution in [1.29, 1.82) is 0 Å². The summed E-state index contributed by atoms with van der Waals surface area (Å²) in [5, 5.41) is 3.16. The van der Waals surface area contributed by atoms with Crippen LogP contribution < -0.4 is 5.32 Å². The molecule has 2 aromatic carbocycles. The number of nitrogens with zero attached hydrogens (tertiary/aromatic N) is 2. The van der Waals surface area contributed by atoms with Gasteiger partial charge in [-0.2, -0.15) is 4.31 Å². The Bertz CT molecular complexity index is 970. The van der Waals surface area contributed by atoms with E-state index in [1.54, 1.807) is 18.2 Å². The quantitative estimate of drug-likeness (QED) is 0.805. The second-order valence-corrected chi connectivity index (χ2v) is 9.29. The monoisotopic (exact) mass is 421 g/mol. The van der Waals surface area contributed by atoms with E-state index >= 15 is 0 Å². The van der Waals surface area contributed by atoms with Crippen LogP contribution in [0, 0.1) is 13.8 Å². The van der Waals surface area contributed by atoms with E-state index in [9.17, 15) is 13.2 Å². The van der Waals surface area contributed by atoms with E-state index in [1.807, 2.05) is 36.9 Å². The molecule has 0 unspecified atom stereocenters. The van der Waals surface area contributed by atoms with Crippen LogP contribution in [-0.4, -0.2) is 56.3 Å². The van der Waals surface area contributed by atoms with Gasteiger partial charge in [0.1, 0.15) is 4.90 Å². The number of piperazine rings is 1. The molecule has 1 amide bonds. The largest absolute Gasteiger partial charge is 0.325 e. The molecule has 1 fully saturated rings. The minimum Gasteiger partial charge on any atom is -0.325 e. The molecule has 3 rings (SSSR count). The summed E-state index contributed by atoms with van der Waals surface area (Å²) in [5.74, 6) is -0.101. The molecule has 1 aliphatic rings. The van der Waals surface area contributed by atoms with Crippen LogP contribution in [0.4, 0.5) is 5.69 Å². The van der Waals surface area contributed by atoms with Gasteiger partial charge >= 0.3 is 0 Å². The summed E-state index contributed by atoms with van der Waals surface area (Å²) in [7, 11) is -3.63. The minimum absolute atomic E-state index is 0.101. The summed E-state index contributed by atoms with van der Waals surface area (Å²) in [6, 6.07) is 12.4. The molecule has 0 bridgehead atoms. The third kappa shape index (κ3) is 4.72. The van der Waals surface area contributed by atoms with E-state index < -0.39 is 10.0 Å². The summed E-state index contributed by atoms with van der Waals surface area (Å²) < 4.78 is 27.0. The normalized spacial score (nSPS) is 16.1. The molecule has 28 heavy (non-hydrogen) atoms. The van der Waals surface area contributed by atoms with Gasteiger partial charge in [-0.15, -0.1) is 0 Å². The Balaban J connectivity index is 1.57. The van der Waals surface area contributed by atoms with Gasteiger partial charge in [-0.05, 0) is 43.2 Å². The fourth-order valence-corrected chi connectivity index (χ4v) is 5.10. The van der Waals surface area contributed by atoms with E-state index in [-0.39, 0.29) is 22.4 Å². The van der Waals surface area contributed by atoms with E-state index in [0.29, 0.717) is 26.2 Å². The highest BCUT2D eigenvalue weighted by molar-refractivity contribution is 7.89. The molecule has 1 aliphatic heterocycles. The van der Waals surface area contributed by atoms with Crippen molar-refractivity contribution in [1.82, 2.24) is 9.21 Å². The fraction of sp³-hybridized carbons (Fsp3) is 0.350. The number of nitrogens with one attached hydrogen (secondary N) is 1. The number of sulfonamides is 1. The zero-order chi connectivity index (χ0) is 20.3. The number of aryl methyl sites for hydroxylation is 2. The van der Waals surface area contributed by atoms with Gasteiger partial charge in [0.15, 0.2) is 0 Å². The van der Waals surface area contributed by atoms with Crippen LogP contribution in [0.5, 0.6) is 0 Å². The number of carbonyl (C=O) groups excluding carboxylic acids is 1. The first kappa shape index (κ1) is 20.8. The molecule has 0 aromatic heterocycles. The van der Waals surface area contributed by atoms with Gasteiger partial charge in [0.05, 0.1) is 11.6 Å². The molecule has 0 saturated carbocycles. The molecule has 0 aliphatic carbocycles. The van der Waals surface area contributed by atoms with Crippen molar-refractivity contribution in [2.24, 2.45) is 0 Å². The van der Waals surface area contributed by atoms with Crippen LogP contribution in [-0.2, 0) is 14.8 Å². The number of hydrogen-bond donors (Lipinski definition) is 1. The van der Waals surface area contributed by atoms with Gasteiger partial charge in [0.25, 0.3) is 0 Å². The van der Waals surface area contributed by atoms with Crippen LogP contribution in [0.25, 0.3) is 0 Å². The van der Waals surface area contributed by atoms with Crippen LogP contribution in [0.2, 0.25) is 5.02 Å². The van der Waals surface area contributed by atoms with Crippen LogP contribution >= 0.6 is 11.6 Å². The average molecular weight is 422 g/mol. The van der Waals surface area contributed by atoms with Crippen molar-refractivity contribution in [2.45, 2.75) is 18.7 Å². The lowest BCUT2D eigenvalue weighted by atomic mass is 10.1. The summed E-state index contributed by atoms with van der Waals surface area (Å²) >= 11 is 6.06. The van der Waals surface area contributed by atoms with E-state index in [1.165, 1.54) is 10.4 Å². The van der Waals surface area contributed by atoms with Gasteiger partial charge in [-0.3, -0.25) is 9.69 Å². The molecule has 1 N–H and O–H groups in total. The minimum atomic E-state index is -3.63. The number of halogens is 1. The average Bonchev–Trinajstić information content (AvgIpc) is 2.65. The van der Waals surface area contributed by atoms with Gasteiger partial charge in [-0.25, -0.2) is 8.42 Å². The number of anilines is 1. The van der Waals surface area contributed by atoms with Crippen molar-refractivity contribution in [3.8, 4) is 0 Å². The lowest BCUT2D eigenvalue weighted by molar-refractivity contribution is -0.117. The van der Waals surface area contributed by atoms with E-state index in [2.05, 4.69) is 5.32 Å². The first-order chi connectivity index (χ1) is 13.3. The van der Waals surface area contributed by atoms with Crippen molar-refractivity contribution in [2.75, 3.05) is 38.0 Å². The molecular weight excluding hydrogens is 398 g/mol. The third-order valence-electron chi connectivity index (χ3n) is 4.82. The van der Waals surface area contributed by atoms with Crippen LogP contribution in [0.3, 0.4) is 0 Å². The number of carbonyl (C=O) groups is 1. The number of hydrogen-bond acceptors (Lipinski definition) is 4. The molecule has 150 valence electrons. The maximum absolute atomic E-state index is 12.8. The van der Waals surface area contributed by atoms with Crippen LogP contribution in [0.1, 0.15) is 11.1 Å². The van der Waals surface area contributed by atoms with E-state index in [0.717, 1.165) is 16.8 Å². The molecule has 8 heteroatoms. The van der Waals surface area contributed by atoms with E-state index in [4.69, 9.17) is 11.6 Å². The summed E-state index contributed by atoms with van der Waals surface area (Å²) in [5.41, 5.74) is 2.90. The Morgan fingerprint density at radius 1 is 1.07 bits per heavy atom. The molecule has 1 heterocycles.